The number of para-hydroxylation sites is 1. The monoisotopic (exact) mass is 456 g/mol. The summed E-state index contributed by atoms with van der Waals surface area (Å²) >= 11 is 5.83. The smallest absolute Gasteiger partial charge is 0.265 e. The number of hydrogen-bond acceptors (Lipinski definition) is 4. The molecule has 4 rings (SSSR count). The van der Waals surface area contributed by atoms with Crippen LogP contribution < -0.4 is 14.4 Å². The molecular weight excluding hydrogens is 436 g/mol. The third-order valence-corrected chi connectivity index (χ3v) is 6.72. The van der Waals surface area contributed by atoms with Gasteiger partial charge < -0.3 is 9.64 Å². The van der Waals surface area contributed by atoms with E-state index in [9.17, 15) is 13.2 Å². The minimum absolute atomic E-state index is 0.0694. The van der Waals surface area contributed by atoms with Gasteiger partial charge in [-0.25, -0.2) is 8.42 Å². The van der Waals surface area contributed by atoms with Crippen molar-refractivity contribution < 1.29 is 17.9 Å². The fourth-order valence-electron chi connectivity index (χ4n) is 3.61. The van der Waals surface area contributed by atoms with Crippen LogP contribution in [0.25, 0.3) is 0 Å². The van der Waals surface area contributed by atoms with E-state index in [4.69, 9.17) is 16.3 Å². The minimum atomic E-state index is -3.75. The van der Waals surface area contributed by atoms with Gasteiger partial charge in [-0.15, -0.1) is 0 Å². The van der Waals surface area contributed by atoms with Gasteiger partial charge in [-0.05, 0) is 73.5 Å². The molecule has 31 heavy (non-hydrogen) atoms. The number of halogens is 1. The van der Waals surface area contributed by atoms with Crippen molar-refractivity contribution in [2.24, 2.45) is 0 Å². The molecule has 3 aromatic carbocycles. The highest BCUT2D eigenvalue weighted by Gasteiger charge is 2.30. The van der Waals surface area contributed by atoms with Gasteiger partial charge in [-0.2, -0.15) is 0 Å². The first-order valence-corrected chi connectivity index (χ1v) is 11.6. The highest BCUT2D eigenvalue weighted by atomic mass is 35.5. The molecule has 0 radical (unpaired) electrons. The molecule has 6 nitrogen and oxygen atoms in total. The molecule has 0 bridgehead atoms. The normalized spacial score (nSPS) is 15.4. The Kier molecular flexibility index (Phi) is 5.89. The van der Waals surface area contributed by atoms with E-state index < -0.39 is 10.0 Å². The highest BCUT2D eigenvalue weighted by Crippen LogP contribution is 2.32. The quantitative estimate of drug-likeness (QED) is 0.592. The van der Waals surface area contributed by atoms with E-state index in [2.05, 4.69) is 4.72 Å². The van der Waals surface area contributed by atoms with E-state index in [1.165, 1.54) is 24.3 Å². The molecule has 8 heteroatoms. The maximum absolute atomic E-state index is 12.7. The molecule has 0 saturated carbocycles. The van der Waals surface area contributed by atoms with Crippen molar-refractivity contribution in [2.45, 2.75) is 24.3 Å². The summed E-state index contributed by atoms with van der Waals surface area (Å²) in [6, 6.07) is 20.2. The SMILES string of the molecule is CC1Cc2ccccc2N1C(=O)COc1ccc(S(=O)(=O)Nc2ccc(Cl)cc2)cc1. The van der Waals surface area contributed by atoms with E-state index in [0.717, 1.165) is 17.7 Å². The van der Waals surface area contributed by atoms with Crippen LogP contribution in [0.5, 0.6) is 5.75 Å². The molecule has 0 aliphatic carbocycles. The van der Waals surface area contributed by atoms with Gasteiger partial charge in [0.2, 0.25) is 0 Å². The molecule has 1 N–H and O–H groups in total. The Labute approximate surface area is 186 Å². The Bertz CT molecular complexity index is 1200. The van der Waals surface area contributed by atoms with Gasteiger partial charge in [0.15, 0.2) is 6.61 Å². The molecule has 1 unspecified atom stereocenters. The second kappa shape index (κ2) is 8.61. The van der Waals surface area contributed by atoms with Crippen molar-refractivity contribution in [3.8, 4) is 5.75 Å². The first-order chi connectivity index (χ1) is 14.8. The Morgan fingerprint density at radius 3 is 2.45 bits per heavy atom. The lowest BCUT2D eigenvalue weighted by atomic mass is 10.1. The molecule has 1 atom stereocenters. The fraction of sp³-hybridized carbons (Fsp3) is 0.174. The Morgan fingerprint density at radius 1 is 1.06 bits per heavy atom. The topological polar surface area (TPSA) is 75.7 Å². The van der Waals surface area contributed by atoms with Crippen LogP contribution in [-0.4, -0.2) is 27.0 Å². The molecule has 160 valence electrons. The number of ether oxygens (including phenoxy) is 1. The van der Waals surface area contributed by atoms with Gasteiger partial charge in [-0.3, -0.25) is 9.52 Å². The van der Waals surface area contributed by atoms with Gasteiger partial charge >= 0.3 is 0 Å². The van der Waals surface area contributed by atoms with Crippen LogP contribution in [0.2, 0.25) is 5.02 Å². The van der Waals surface area contributed by atoms with E-state index >= 15 is 0 Å². The van der Waals surface area contributed by atoms with Gasteiger partial charge in [0, 0.05) is 22.4 Å². The van der Waals surface area contributed by atoms with Gasteiger partial charge in [-0.1, -0.05) is 29.8 Å². The fourth-order valence-corrected chi connectivity index (χ4v) is 4.79. The van der Waals surface area contributed by atoms with Crippen molar-refractivity contribution in [1.82, 2.24) is 0 Å². The van der Waals surface area contributed by atoms with E-state index in [1.54, 1.807) is 29.2 Å². The summed E-state index contributed by atoms with van der Waals surface area (Å²) in [6.45, 7) is 1.87. The molecule has 3 aromatic rings. The minimum Gasteiger partial charge on any atom is -0.484 e. The molecule has 0 saturated heterocycles. The van der Waals surface area contributed by atoms with E-state index in [1.807, 2.05) is 31.2 Å². The average Bonchev–Trinajstić information content (AvgIpc) is 3.09. The number of benzene rings is 3. The van der Waals surface area contributed by atoms with Crippen LogP contribution >= 0.6 is 11.6 Å². The van der Waals surface area contributed by atoms with Crippen LogP contribution in [0.1, 0.15) is 12.5 Å². The Morgan fingerprint density at radius 2 is 1.74 bits per heavy atom. The molecule has 1 heterocycles. The number of rotatable bonds is 6. The standard InChI is InChI=1S/C23H21ClN2O4S/c1-16-14-17-4-2-3-5-22(17)26(16)23(27)15-30-20-10-12-21(13-11-20)31(28,29)25-19-8-6-18(24)7-9-19/h2-13,16,25H,14-15H2,1H3. The van der Waals surface area contributed by atoms with Crippen LogP contribution in [0.4, 0.5) is 11.4 Å². The summed E-state index contributed by atoms with van der Waals surface area (Å²) in [5.74, 6) is 0.275. The summed E-state index contributed by atoms with van der Waals surface area (Å²) in [4.78, 5) is 14.6. The average molecular weight is 457 g/mol. The first kappa shape index (κ1) is 21.2. The second-order valence-electron chi connectivity index (χ2n) is 7.32. The summed E-state index contributed by atoms with van der Waals surface area (Å²) in [5.41, 5.74) is 2.47. The first-order valence-electron chi connectivity index (χ1n) is 9.75. The summed E-state index contributed by atoms with van der Waals surface area (Å²) in [7, 11) is -3.75. The summed E-state index contributed by atoms with van der Waals surface area (Å²) in [6.07, 6.45) is 0.815. The predicted molar refractivity (Wildman–Crippen MR) is 121 cm³/mol. The molecule has 1 aliphatic rings. The molecule has 0 fully saturated rings. The van der Waals surface area contributed by atoms with Crippen molar-refractivity contribution in [2.75, 3.05) is 16.2 Å². The maximum Gasteiger partial charge on any atom is 0.265 e. The zero-order valence-electron chi connectivity index (χ0n) is 16.8. The summed E-state index contributed by atoms with van der Waals surface area (Å²) in [5, 5.41) is 0.519. The van der Waals surface area contributed by atoms with Crippen LogP contribution in [0, 0.1) is 0 Å². The number of carbonyl (C=O) groups excluding carboxylic acids is 1. The summed E-state index contributed by atoms with van der Waals surface area (Å²) < 4.78 is 33.2. The zero-order chi connectivity index (χ0) is 22.0. The number of carbonyl (C=O) groups is 1. The number of nitrogens with one attached hydrogen (secondary N) is 1. The largest absolute Gasteiger partial charge is 0.484 e. The zero-order valence-corrected chi connectivity index (χ0v) is 18.4. The number of hydrogen-bond donors (Lipinski definition) is 1. The number of sulfonamides is 1. The molecular formula is C23H21ClN2O4S. The lowest BCUT2D eigenvalue weighted by Crippen LogP contribution is -2.39. The number of nitrogens with zero attached hydrogens (tertiary/aromatic N) is 1. The molecule has 0 aromatic heterocycles. The van der Waals surface area contributed by atoms with Gasteiger partial charge in [0.1, 0.15) is 5.75 Å². The van der Waals surface area contributed by atoms with Crippen LogP contribution in [0.15, 0.2) is 77.7 Å². The van der Waals surface area contributed by atoms with Crippen molar-refractivity contribution in [1.29, 1.82) is 0 Å². The van der Waals surface area contributed by atoms with Crippen molar-refractivity contribution >= 4 is 38.9 Å². The lowest BCUT2D eigenvalue weighted by molar-refractivity contribution is -0.120. The number of anilines is 2. The van der Waals surface area contributed by atoms with E-state index in [0.29, 0.717) is 16.5 Å². The maximum atomic E-state index is 12.7. The Hall–Kier alpha value is -3.03. The van der Waals surface area contributed by atoms with Gasteiger partial charge in [0.25, 0.3) is 15.9 Å². The van der Waals surface area contributed by atoms with Crippen molar-refractivity contribution in [3.05, 3.63) is 83.4 Å². The van der Waals surface area contributed by atoms with Crippen LogP contribution in [-0.2, 0) is 21.2 Å². The second-order valence-corrected chi connectivity index (χ2v) is 9.44. The van der Waals surface area contributed by atoms with E-state index in [-0.39, 0.29) is 23.5 Å². The lowest BCUT2D eigenvalue weighted by Gasteiger charge is -2.22. The van der Waals surface area contributed by atoms with Crippen molar-refractivity contribution in [3.63, 3.8) is 0 Å². The molecule has 1 amide bonds. The Balaban J connectivity index is 1.40. The van der Waals surface area contributed by atoms with Crippen LogP contribution in [0.3, 0.4) is 0 Å². The van der Waals surface area contributed by atoms with Gasteiger partial charge in [0.05, 0.1) is 4.90 Å². The highest BCUT2D eigenvalue weighted by molar-refractivity contribution is 7.92. The number of amides is 1. The third kappa shape index (κ3) is 4.68. The molecule has 0 spiro atoms. The predicted octanol–water partition coefficient (Wildman–Crippen LogP) is 4.50. The third-order valence-electron chi connectivity index (χ3n) is 5.07. The molecule has 1 aliphatic heterocycles. The number of fused-ring (bicyclic) bond motifs is 1.